The molecule has 26 heavy (non-hydrogen) atoms. The Kier molecular flexibility index (Phi) is 7.53. The minimum Gasteiger partial charge on any atom is -0.357 e. The molecule has 2 aromatic rings. The van der Waals surface area contributed by atoms with Gasteiger partial charge < -0.3 is 10.6 Å². The van der Waals surface area contributed by atoms with Gasteiger partial charge in [0.2, 0.25) is 0 Å². The monoisotopic (exact) mass is 390 g/mol. The van der Waals surface area contributed by atoms with Gasteiger partial charge >= 0.3 is 0 Å². The van der Waals surface area contributed by atoms with Crippen LogP contribution in [0.15, 0.2) is 40.0 Å². The zero-order valence-corrected chi connectivity index (χ0v) is 17.4. The Labute approximate surface area is 165 Å². The normalized spacial score (nSPS) is 21.7. The minimum atomic E-state index is 0.501. The molecule has 1 fully saturated rings. The molecule has 0 saturated carbocycles. The fraction of sp³-hybridized carbons (Fsp3) is 0.550. The molecule has 4 nitrogen and oxygen atoms in total. The molecule has 1 aliphatic rings. The second kappa shape index (κ2) is 10.1. The summed E-state index contributed by atoms with van der Waals surface area (Å²) in [7, 11) is 2.25. The first-order valence-electron chi connectivity index (χ1n) is 9.56. The first-order chi connectivity index (χ1) is 12.8. The van der Waals surface area contributed by atoms with Gasteiger partial charge in [-0.1, -0.05) is 12.1 Å². The number of piperidine rings is 1. The molecule has 0 aromatic carbocycles. The molecular formula is C20H30N4S2. The van der Waals surface area contributed by atoms with Crippen LogP contribution in [0.3, 0.4) is 0 Å². The van der Waals surface area contributed by atoms with E-state index in [-0.39, 0.29) is 0 Å². The third-order valence-corrected chi connectivity index (χ3v) is 6.79. The topological polar surface area (TPSA) is 39.7 Å². The zero-order valence-electron chi connectivity index (χ0n) is 15.8. The average molecular weight is 391 g/mol. The van der Waals surface area contributed by atoms with Crippen LogP contribution in [0.1, 0.15) is 35.6 Å². The maximum absolute atomic E-state index is 4.93. The van der Waals surface area contributed by atoms with E-state index in [0.29, 0.717) is 12.0 Å². The third-order valence-electron chi connectivity index (χ3n) is 4.91. The molecule has 2 N–H and O–H groups in total. The third kappa shape index (κ3) is 5.32. The van der Waals surface area contributed by atoms with Gasteiger partial charge in [-0.25, -0.2) is 0 Å². The second-order valence-electron chi connectivity index (χ2n) is 6.82. The van der Waals surface area contributed by atoms with Crippen molar-refractivity contribution in [1.29, 1.82) is 0 Å². The predicted molar refractivity (Wildman–Crippen MR) is 114 cm³/mol. The zero-order chi connectivity index (χ0) is 18.2. The van der Waals surface area contributed by atoms with Gasteiger partial charge in [-0.2, -0.15) is 0 Å². The Morgan fingerprint density at radius 3 is 2.81 bits per heavy atom. The van der Waals surface area contributed by atoms with Crippen molar-refractivity contribution in [3.8, 4) is 0 Å². The van der Waals surface area contributed by atoms with Crippen LogP contribution in [0.25, 0.3) is 0 Å². The molecule has 2 aromatic heterocycles. The van der Waals surface area contributed by atoms with E-state index in [9.17, 15) is 0 Å². The highest BCUT2D eigenvalue weighted by molar-refractivity contribution is 7.10. The van der Waals surface area contributed by atoms with Gasteiger partial charge in [0, 0.05) is 35.4 Å². The van der Waals surface area contributed by atoms with Gasteiger partial charge in [0.25, 0.3) is 0 Å². The number of likely N-dealkylation sites (tertiary alicyclic amines) is 1. The summed E-state index contributed by atoms with van der Waals surface area (Å²) in [4.78, 5) is 10.3. The van der Waals surface area contributed by atoms with Gasteiger partial charge in [-0.3, -0.25) is 9.89 Å². The molecule has 0 aliphatic carbocycles. The maximum Gasteiger partial charge on any atom is 0.191 e. The van der Waals surface area contributed by atoms with E-state index in [1.54, 1.807) is 0 Å². The highest BCUT2D eigenvalue weighted by Crippen LogP contribution is 2.37. The van der Waals surface area contributed by atoms with Gasteiger partial charge in [-0.05, 0) is 68.6 Å². The van der Waals surface area contributed by atoms with Crippen LogP contribution >= 0.6 is 22.7 Å². The number of nitrogens with zero attached hydrogens (tertiary/aromatic N) is 2. The summed E-state index contributed by atoms with van der Waals surface area (Å²) < 4.78 is 0. The Bertz CT molecular complexity index is 651. The smallest absolute Gasteiger partial charge is 0.191 e. The molecule has 0 bridgehead atoms. The lowest BCUT2D eigenvalue weighted by Crippen LogP contribution is -2.40. The molecule has 1 saturated heterocycles. The molecular weight excluding hydrogens is 360 g/mol. The lowest BCUT2D eigenvalue weighted by Gasteiger charge is -2.38. The van der Waals surface area contributed by atoms with Gasteiger partial charge in [0.15, 0.2) is 5.96 Å². The van der Waals surface area contributed by atoms with Crippen LogP contribution in [0.2, 0.25) is 0 Å². The van der Waals surface area contributed by atoms with E-state index in [0.717, 1.165) is 32.0 Å². The number of hydrogen-bond acceptors (Lipinski definition) is 4. The van der Waals surface area contributed by atoms with Crippen molar-refractivity contribution in [1.82, 2.24) is 15.5 Å². The number of thiophene rings is 2. The quantitative estimate of drug-likeness (QED) is 0.555. The predicted octanol–water partition coefficient (Wildman–Crippen LogP) is 3.99. The first kappa shape index (κ1) is 19.4. The summed E-state index contributed by atoms with van der Waals surface area (Å²) in [6, 6.07) is 9.25. The highest BCUT2D eigenvalue weighted by Gasteiger charge is 2.31. The van der Waals surface area contributed by atoms with E-state index in [1.807, 2.05) is 22.7 Å². The number of guanidine groups is 1. The SMILES string of the molecule is CCNC(=NCC1CCCN(C)C1c1cccs1)NCCc1cccs1. The molecule has 6 heteroatoms. The maximum atomic E-state index is 4.93. The van der Waals surface area contributed by atoms with Crippen molar-refractivity contribution in [2.24, 2.45) is 10.9 Å². The van der Waals surface area contributed by atoms with Crippen LogP contribution in [0.5, 0.6) is 0 Å². The van der Waals surface area contributed by atoms with E-state index in [1.165, 1.54) is 29.1 Å². The molecule has 2 unspecified atom stereocenters. The van der Waals surface area contributed by atoms with Gasteiger partial charge in [0.05, 0.1) is 0 Å². The van der Waals surface area contributed by atoms with Crippen LogP contribution in [-0.4, -0.2) is 44.1 Å². The Hall–Kier alpha value is -1.37. The van der Waals surface area contributed by atoms with Crippen molar-refractivity contribution in [2.45, 2.75) is 32.2 Å². The molecule has 0 radical (unpaired) electrons. The van der Waals surface area contributed by atoms with Crippen molar-refractivity contribution in [3.05, 3.63) is 44.8 Å². The fourth-order valence-electron chi connectivity index (χ4n) is 3.67. The summed E-state index contributed by atoms with van der Waals surface area (Å²) in [5, 5.41) is 11.2. The van der Waals surface area contributed by atoms with E-state index >= 15 is 0 Å². The van der Waals surface area contributed by atoms with Crippen LogP contribution in [0, 0.1) is 5.92 Å². The molecule has 0 spiro atoms. The largest absolute Gasteiger partial charge is 0.357 e. The summed E-state index contributed by atoms with van der Waals surface area (Å²) in [5.74, 6) is 1.53. The van der Waals surface area contributed by atoms with Crippen LogP contribution < -0.4 is 10.6 Å². The molecule has 3 heterocycles. The van der Waals surface area contributed by atoms with Crippen LogP contribution in [0.4, 0.5) is 0 Å². The molecule has 142 valence electrons. The lowest BCUT2D eigenvalue weighted by molar-refractivity contribution is 0.128. The first-order valence-corrected chi connectivity index (χ1v) is 11.3. The minimum absolute atomic E-state index is 0.501. The van der Waals surface area contributed by atoms with E-state index in [2.05, 4.69) is 64.5 Å². The lowest BCUT2D eigenvalue weighted by atomic mass is 9.88. The summed E-state index contributed by atoms with van der Waals surface area (Å²) in [6.45, 7) is 6.00. The highest BCUT2D eigenvalue weighted by atomic mass is 32.1. The van der Waals surface area contributed by atoms with E-state index < -0.39 is 0 Å². The van der Waals surface area contributed by atoms with Crippen molar-refractivity contribution >= 4 is 28.6 Å². The molecule has 3 rings (SSSR count). The second-order valence-corrected chi connectivity index (χ2v) is 8.83. The number of nitrogens with one attached hydrogen (secondary N) is 2. The molecule has 2 atom stereocenters. The average Bonchev–Trinajstić information content (AvgIpc) is 3.33. The number of hydrogen-bond donors (Lipinski definition) is 2. The number of aliphatic imine (C=N–C) groups is 1. The van der Waals surface area contributed by atoms with Crippen molar-refractivity contribution < 1.29 is 0 Å². The summed E-state index contributed by atoms with van der Waals surface area (Å²) in [6.07, 6.45) is 3.57. The summed E-state index contributed by atoms with van der Waals surface area (Å²) in [5.41, 5.74) is 0. The van der Waals surface area contributed by atoms with Crippen molar-refractivity contribution in [3.63, 3.8) is 0 Å². The Balaban J connectivity index is 1.59. The summed E-state index contributed by atoms with van der Waals surface area (Å²) >= 11 is 3.69. The fourth-order valence-corrected chi connectivity index (χ4v) is 5.36. The number of rotatable bonds is 7. The van der Waals surface area contributed by atoms with E-state index in [4.69, 9.17) is 4.99 Å². The molecule has 0 amide bonds. The molecule has 1 aliphatic heterocycles. The van der Waals surface area contributed by atoms with Gasteiger partial charge in [-0.15, -0.1) is 22.7 Å². The van der Waals surface area contributed by atoms with Gasteiger partial charge in [0.1, 0.15) is 0 Å². The Morgan fingerprint density at radius 2 is 2.08 bits per heavy atom. The van der Waals surface area contributed by atoms with Crippen molar-refractivity contribution in [2.75, 3.05) is 33.2 Å². The standard InChI is InChI=1S/C20H30N4S2/c1-3-21-20(22-11-10-17-8-5-13-25-17)23-15-16-7-4-12-24(2)19(16)18-9-6-14-26-18/h5-6,8-9,13-14,16,19H,3-4,7,10-12,15H2,1-2H3,(H2,21,22,23). The Morgan fingerprint density at radius 1 is 1.23 bits per heavy atom. The van der Waals surface area contributed by atoms with Crippen LogP contribution in [-0.2, 0) is 6.42 Å².